The van der Waals surface area contributed by atoms with Crippen LogP contribution in [0.1, 0.15) is 5.56 Å². The summed E-state index contributed by atoms with van der Waals surface area (Å²) in [5.74, 6) is 0.564. The van der Waals surface area contributed by atoms with Gasteiger partial charge in [0.25, 0.3) is 0 Å². The summed E-state index contributed by atoms with van der Waals surface area (Å²) in [4.78, 5) is 26.3. The lowest BCUT2D eigenvalue weighted by Crippen LogP contribution is -2.21. The van der Waals surface area contributed by atoms with Gasteiger partial charge in [-0.15, -0.1) is 0 Å². The van der Waals surface area contributed by atoms with Gasteiger partial charge in [0.15, 0.2) is 0 Å². The third kappa shape index (κ3) is 8.59. The molecule has 17 heavy (non-hydrogen) atoms. The molecular formula is C10H16NO5P. The van der Waals surface area contributed by atoms with E-state index in [0.717, 1.165) is 5.56 Å². The van der Waals surface area contributed by atoms with Crippen LogP contribution in [0.5, 0.6) is 5.75 Å². The number of nitrogens with one attached hydrogen (secondary N) is 1. The van der Waals surface area contributed by atoms with E-state index in [1.165, 1.54) is 14.2 Å². The fourth-order valence-corrected chi connectivity index (χ4v) is 0.837. The largest absolute Gasteiger partial charge is 0.412 e. The zero-order valence-electron chi connectivity index (χ0n) is 9.88. The molecule has 1 aromatic carbocycles. The quantitative estimate of drug-likeness (QED) is 0.703. The lowest BCUT2D eigenvalue weighted by molar-refractivity contribution is 0.203. The predicted octanol–water partition coefficient (Wildman–Crippen LogP) is 1.56. The molecule has 0 aliphatic carbocycles. The van der Waals surface area contributed by atoms with Gasteiger partial charge < -0.3 is 24.4 Å². The van der Waals surface area contributed by atoms with Crippen molar-refractivity contribution in [1.82, 2.24) is 5.32 Å². The van der Waals surface area contributed by atoms with Crippen molar-refractivity contribution >= 4 is 14.7 Å². The number of ether oxygens (including phenoxy) is 1. The molecule has 0 fully saturated rings. The second-order valence-electron chi connectivity index (χ2n) is 2.89. The molecular weight excluding hydrogens is 245 g/mol. The number of hydrogen-bond acceptors (Lipinski definition) is 5. The van der Waals surface area contributed by atoms with Gasteiger partial charge in [-0.05, 0) is 24.6 Å². The second-order valence-corrected chi connectivity index (χ2v) is 3.76. The molecule has 1 aromatic rings. The van der Waals surface area contributed by atoms with Gasteiger partial charge in [0.05, 0.1) is 0 Å². The fraction of sp³-hybridized carbons (Fsp3) is 0.300. The molecule has 0 aromatic heterocycles. The summed E-state index contributed by atoms with van der Waals surface area (Å²) in [6.07, 6.45) is -0.444. The van der Waals surface area contributed by atoms with E-state index in [4.69, 9.17) is 14.5 Å². The first-order valence-electron chi connectivity index (χ1n) is 4.67. The number of rotatable bonds is 2. The lowest BCUT2D eigenvalue weighted by Gasteiger charge is -2.02. The number of amides is 1. The molecule has 0 bridgehead atoms. The van der Waals surface area contributed by atoms with Crippen LogP contribution in [0.4, 0.5) is 4.79 Å². The number of hydrogen-bond donors (Lipinski definition) is 3. The van der Waals surface area contributed by atoms with Crippen molar-refractivity contribution in [3.63, 3.8) is 0 Å². The van der Waals surface area contributed by atoms with Gasteiger partial charge in [-0.25, -0.2) is 4.79 Å². The molecule has 1 amide bonds. The molecule has 0 aliphatic rings. The van der Waals surface area contributed by atoms with Gasteiger partial charge in [-0.1, -0.05) is 12.1 Å². The summed E-state index contributed by atoms with van der Waals surface area (Å²) >= 11 is 0. The van der Waals surface area contributed by atoms with Gasteiger partial charge in [0.2, 0.25) is 0 Å². The molecule has 0 heterocycles. The molecule has 0 aliphatic heterocycles. The Kier molecular flexibility index (Phi) is 8.27. The number of carbonyl (C=O) groups excluding carboxylic acids is 1. The van der Waals surface area contributed by atoms with Gasteiger partial charge in [0, 0.05) is 14.2 Å². The van der Waals surface area contributed by atoms with E-state index >= 15 is 0 Å². The molecule has 0 saturated heterocycles. The standard InChI is InChI=1S/C9H11NO2.CH5O3P/c1-7-4-3-5-8(6-7)12-9(11)10-2;1-4-5(2)3/h3-6H,1-2H3,(H,10,11);2-3H,1H3. The zero-order chi connectivity index (χ0) is 13.3. The van der Waals surface area contributed by atoms with Gasteiger partial charge in [-0.3, -0.25) is 0 Å². The van der Waals surface area contributed by atoms with Crippen LogP contribution in [0.25, 0.3) is 0 Å². The van der Waals surface area contributed by atoms with Gasteiger partial charge >= 0.3 is 14.7 Å². The normalized spacial score (nSPS) is 9.29. The van der Waals surface area contributed by atoms with Crippen LogP contribution >= 0.6 is 8.60 Å². The first-order valence-corrected chi connectivity index (χ1v) is 5.84. The minimum Gasteiger partial charge on any atom is -0.410 e. The van der Waals surface area contributed by atoms with Crippen LogP contribution in [0.3, 0.4) is 0 Å². The van der Waals surface area contributed by atoms with Crippen molar-refractivity contribution in [2.45, 2.75) is 6.92 Å². The minimum absolute atomic E-state index is 0.444. The van der Waals surface area contributed by atoms with E-state index in [0.29, 0.717) is 5.75 Å². The smallest absolute Gasteiger partial charge is 0.410 e. The summed E-state index contributed by atoms with van der Waals surface area (Å²) < 4.78 is 8.82. The Hall–Kier alpha value is -1.20. The average Bonchev–Trinajstić information content (AvgIpc) is 2.29. The van der Waals surface area contributed by atoms with E-state index in [1.54, 1.807) is 12.1 Å². The minimum atomic E-state index is -2.10. The summed E-state index contributed by atoms with van der Waals surface area (Å²) in [5.41, 5.74) is 1.07. The van der Waals surface area contributed by atoms with Crippen molar-refractivity contribution in [2.75, 3.05) is 14.2 Å². The molecule has 0 saturated carbocycles. The maximum atomic E-state index is 10.8. The Balaban J connectivity index is 0.000000437. The molecule has 0 spiro atoms. The second kappa shape index (κ2) is 8.90. The highest BCUT2D eigenvalue weighted by molar-refractivity contribution is 7.39. The van der Waals surface area contributed by atoms with Crippen LogP contribution in [0, 0.1) is 6.92 Å². The summed E-state index contributed by atoms with van der Waals surface area (Å²) in [5, 5.41) is 2.37. The summed E-state index contributed by atoms with van der Waals surface area (Å²) in [7, 11) is 0.656. The molecule has 96 valence electrons. The topological polar surface area (TPSA) is 88.0 Å². The van der Waals surface area contributed by atoms with E-state index in [9.17, 15) is 4.79 Å². The number of aryl methyl sites for hydroxylation is 1. The zero-order valence-corrected chi connectivity index (χ0v) is 10.8. The average molecular weight is 261 g/mol. The van der Waals surface area contributed by atoms with E-state index in [1.807, 2.05) is 19.1 Å². The molecule has 1 rings (SSSR count). The molecule has 3 N–H and O–H groups in total. The van der Waals surface area contributed by atoms with Crippen molar-refractivity contribution in [1.29, 1.82) is 0 Å². The molecule has 6 nitrogen and oxygen atoms in total. The van der Waals surface area contributed by atoms with Crippen molar-refractivity contribution in [2.24, 2.45) is 0 Å². The first kappa shape index (κ1) is 15.8. The molecule has 0 radical (unpaired) electrons. The van der Waals surface area contributed by atoms with Crippen molar-refractivity contribution < 1.29 is 23.8 Å². The highest BCUT2D eigenvalue weighted by Crippen LogP contribution is 2.20. The maximum Gasteiger partial charge on any atom is 0.412 e. The Bertz CT molecular complexity index is 345. The van der Waals surface area contributed by atoms with E-state index in [-0.39, 0.29) is 0 Å². The monoisotopic (exact) mass is 261 g/mol. The predicted molar refractivity (Wildman–Crippen MR) is 64.6 cm³/mol. The number of benzene rings is 1. The van der Waals surface area contributed by atoms with Gasteiger partial charge in [-0.2, -0.15) is 0 Å². The van der Waals surface area contributed by atoms with Crippen LogP contribution in [-0.4, -0.2) is 30.0 Å². The Morgan fingerprint density at radius 3 is 2.41 bits per heavy atom. The first-order chi connectivity index (χ1) is 7.99. The van der Waals surface area contributed by atoms with Crippen LogP contribution in [0.2, 0.25) is 0 Å². The Labute approximate surface area is 101 Å². The van der Waals surface area contributed by atoms with Crippen LogP contribution in [0.15, 0.2) is 24.3 Å². The Morgan fingerprint density at radius 1 is 1.41 bits per heavy atom. The highest BCUT2D eigenvalue weighted by Gasteiger charge is 1.99. The van der Waals surface area contributed by atoms with Crippen LogP contribution < -0.4 is 10.1 Å². The number of carbonyl (C=O) groups is 1. The third-order valence-corrected chi connectivity index (χ3v) is 1.89. The maximum absolute atomic E-state index is 10.8. The van der Waals surface area contributed by atoms with Gasteiger partial charge in [0.1, 0.15) is 5.75 Å². The summed E-state index contributed by atoms with van der Waals surface area (Å²) in [6, 6.07) is 7.32. The Morgan fingerprint density at radius 2 is 2.00 bits per heavy atom. The lowest BCUT2D eigenvalue weighted by atomic mass is 10.2. The van der Waals surface area contributed by atoms with Crippen molar-refractivity contribution in [3.8, 4) is 5.75 Å². The fourth-order valence-electron chi connectivity index (χ4n) is 0.837. The van der Waals surface area contributed by atoms with Crippen LogP contribution in [-0.2, 0) is 4.52 Å². The molecule has 7 heteroatoms. The van der Waals surface area contributed by atoms with E-state index < -0.39 is 14.7 Å². The summed E-state index contributed by atoms with van der Waals surface area (Å²) in [6.45, 7) is 1.94. The van der Waals surface area contributed by atoms with Crippen molar-refractivity contribution in [3.05, 3.63) is 29.8 Å². The SMILES string of the molecule is CNC(=O)Oc1cccc(C)c1.COP(O)O. The third-order valence-electron chi connectivity index (χ3n) is 1.57. The highest BCUT2D eigenvalue weighted by atomic mass is 31.2. The molecule has 0 unspecified atom stereocenters. The molecule has 0 atom stereocenters. The van der Waals surface area contributed by atoms with E-state index in [2.05, 4.69) is 9.84 Å².